The van der Waals surface area contributed by atoms with Gasteiger partial charge in [-0.05, 0) is 32.0 Å². The van der Waals surface area contributed by atoms with Crippen LogP contribution in [-0.4, -0.2) is 42.7 Å². The summed E-state index contributed by atoms with van der Waals surface area (Å²) >= 11 is 0. The van der Waals surface area contributed by atoms with Crippen LogP contribution >= 0.6 is 0 Å². The number of nitrogens with zero attached hydrogens (tertiary/aromatic N) is 1. The van der Waals surface area contributed by atoms with Gasteiger partial charge in [0.25, 0.3) is 5.91 Å². The molecule has 0 saturated heterocycles. The molecule has 3 rings (SSSR count). The Morgan fingerprint density at radius 1 is 1.11 bits per heavy atom. The molecule has 0 saturated carbocycles. The number of amides is 1. The normalized spacial score (nSPS) is 10.9. The number of carbonyl (C=O) groups excluding carboxylic acids is 1. The molecule has 0 unspecified atom stereocenters. The second-order valence-electron chi connectivity index (χ2n) is 5.96. The first-order valence-corrected chi connectivity index (χ1v) is 8.66. The number of ether oxygens (including phenoxy) is 2. The van der Waals surface area contributed by atoms with E-state index >= 15 is 0 Å². The van der Waals surface area contributed by atoms with Crippen molar-refractivity contribution in [3.8, 4) is 17.2 Å². The molecule has 0 aliphatic heterocycles. The van der Waals surface area contributed by atoms with Gasteiger partial charge in [-0.3, -0.25) is 9.59 Å². The first-order chi connectivity index (χ1) is 13.0. The van der Waals surface area contributed by atoms with E-state index in [1.54, 1.807) is 23.1 Å². The Bertz CT molecular complexity index is 1050. The molecule has 27 heavy (non-hydrogen) atoms. The Morgan fingerprint density at radius 3 is 2.52 bits per heavy atom. The molecule has 0 atom stereocenters. The van der Waals surface area contributed by atoms with Crippen LogP contribution in [0.4, 0.5) is 0 Å². The maximum Gasteiger partial charge on any atom is 0.260 e. The third kappa shape index (κ3) is 3.53. The largest absolute Gasteiger partial charge is 0.507 e. The second kappa shape index (κ2) is 7.57. The van der Waals surface area contributed by atoms with Crippen LogP contribution in [0, 0.1) is 0 Å². The number of rotatable bonds is 6. The first kappa shape index (κ1) is 18.6. The predicted molar refractivity (Wildman–Crippen MR) is 102 cm³/mol. The van der Waals surface area contributed by atoms with Crippen LogP contribution < -0.4 is 14.9 Å². The number of benzene rings is 2. The standard InChI is InChI=1S/C20H21NO6/c1-4-21(5-2)18(23)11-26-13-9-15(22)19-17(10-13)27-16-7-6-12(25-3)8-14(16)20(19)24/h6-10,22H,4-5,11H2,1-3H3. The van der Waals surface area contributed by atoms with Crippen molar-refractivity contribution in [2.45, 2.75) is 13.8 Å². The molecule has 0 bridgehead atoms. The number of phenols is 1. The summed E-state index contributed by atoms with van der Waals surface area (Å²) < 4.78 is 16.4. The molecule has 0 aliphatic rings. The van der Waals surface area contributed by atoms with E-state index in [1.807, 2.05) is 13.8 Å². The summed E-state index contributed by atoms with van der Waals surface area (Å²) in [6.07, 6.45) is 0. The van der Waals surface area contributed by atoms with Crippen molar-refractivity contribution in [3.05, 3.63) is 40.6 Å². The van der Waals surface area contributed by atoms with Gasteiger partial charge in [-0.15, -0.1) is 0 Å². The summed E-state index contributed by atoms with van der Waals surface area (Å²) in [5.41, 5.74) is 0.181. The van der Waals surface area contributed by atoms with Crippen molar-refractivity contribution in [2.75, 3.05) is 26.8 Å². The minimum atomic E-state index is -0.367. The zero-order valence-electron chi connectivity index (χ0n) is 15.4. The van der Waals surface area contributed by atoms with Crippen molar-refractivity contribution in [2.24, 2.45) is 0 Å². The molecule has 0 aliphatic carbocycles. The highest BCUT2D eigenvalue weighted by Crippen LogP contribution is 2.31. The van der Waals surface area contributed by atoms with E-state index in [9.17, 15) is 14.7 Å². The van der Waals surface area contributed by atoms with E-state index in [4.69, 9.17) is 13.9 Å². The van der Waals surface area contributed by atoms with E-state index in [0.29, 0.717) is 29.8 Å². The zero-order chi connectivity index (χ0) is 19.6. The molecule has 3 aromatic rings. The van der Waals surface area contributed by atoms with Crippen LogP contribution in [0.3, 0.4) is 0 Å². The molecular weight excluding hydrogens is 350 g/mol. The lowest BCUT2D eigenvalue weighted by Gasteiger charge is -2.18. The number of carbonyl (C=O) groups is 1. The SMILES string of the molecule is CCN(CC)C(=O)COc1cc(O)c2c(=O)c3cc(OC)ccc3oc2c1. The summed E-state index contributed by atoms with van der Waals surface area (Å²) in [4.78, 5) is 26.5. The number of likely N-dealkylation sites (N-methyl/N-ethyl adjacent to an activating group) is 1. The highest BCUT2D eigenvalue weighted by molar-refractivity contribution is 5.94. The van der Waals surface area contributed by atoms with Gasteiger partial charge in [0.05, 0.1) is 12.5 Å². The maximum atomic E-state index is 12.7. The third-order valence-corrected chi connectivity index (χ3v) is 4.41. The summed E-state index contributed by atoms with van der Waals surface area (Å²) in [5, 5.41) is 10.7. The lowest BCUT2D eigenvalue weighted by molar-refractivity contribution is -0.132. The van der Waals surface area contributed by atoms with Crippen molar-refractivity contribution in [3.63, 3.8) is 0 Å². The van der Waals surface area contributed by atoms with Crippen LogP contribution in [0.1, 0.15) is 13.8 Å². The Kier molecular flexibility index (Phi) is 5.21. The Balaban J connectivity index is 2.00. The van der Waals surface area contributed by atoms with Gasteiger partial charge < -0.3 is 23.9 Å². The van der Waals surface area contributed by atoms with Gasteiger partial charge in [0.15, 0.2) is 6.61 Å². The van der Waals surface area contributed by atoms with Crippen molar-refractivity contribution in [1.82, 2.24) is 4.90 Å². The molecule has 0 fully saturated rings. The maximum absolute atomic E-state index is 12.7. The van der Waals surface area contributed by atoms with E-state index in [0.717, 1.165) is 0 Å². The third-order valence-electron chi connectivity index (χ3n) is 4.41. The monoisotopic (exact) mass is 371 g/mol. The molecule has 0 radical (unpaired) electrons. The van der Waals surface area contributed by atoms with E-state index in [1.165, 1.54) is 19.2 Å². The van der Waals surface area contributed by atoms with Crippen molar-refractivity contribution < 1.29 is 23.8 Å². The highest BCUT2D eigenvalue weighted by Gasteiger charge is 2.16. The average Bonchev–Trinajstić information content (AvgIpc) is 2.67. The number of fused-ring (bicyclic) bond motifs is 2. The molecular formula is C20H21NO6. The van der Waals surface area contributed by atoms with Crippen LogP contribution in [0.2, 0.25) is 0 Å². The lowest BCUT2D eigenvalue weighted by Crippen LogP contribution is -2.34. The highest BCUT2D eigenvalue weighted by atomic mass is 16.5. The Morgan fingerprint density at radius 2 is 1.85 bits per heavy atom. The molecule has 1 heterocycles. The van der Waals surface area contributed by atoms with Gasteiger partial charge in [-0.25, -0.2) is 0 Å². The minimum Gasteiger partial charge on any atom is -0.507 e. The van der Waals surface area contributed by atoms with Crippen LogP contribution in [0.25, 0.3) is 21.9 Å². The van der Waals surface area contributed by atoms with E-state index < -0.39 is 0 Å². The van der Waals surface area contributed by atoms with E-state index in [-0.39, 0.29) is 40.4 Å². The van der Waals surface area contributed by atoms with Crippen molar-refractivity contribution in [1.29, 1.82) is 0 Å². The fourth-order valence-electron chi connectivity index (χ4n) is 2.94. The molecule has 0 spiro atoms. The van der Waals surface area contributed by atoms with Gasteiger partial charge in [0.1, 0.15) is 33.8 Å². The number of aromatic hydroxyl groups is 1. The second-order valence-corrected chi connectivity index (χ2v) is 5.96. The van der Waals surface area contributed by atoms with Gasteiger partial charge in [0.2, 0.25) is 5.43 Å². The Hall–Kier alpha value is -3.22. The topological polar surface area (TPSA) is 89.2 Å². The minimum absolute atomic E-state index is 0.0539. The molecule has 1 amide bonds. The fraction of sp³-hybridized carbons (Fsp3) is 0.300. The number of phenolic OH excluding ortho intramolecular Hbond substituents is 1. The number of hydrogen-bond acceptors (Lipinski definition) is 6. The van der Waals surface area contributed by atoms with Gasteiger partial charge in [-0.2, -0.15) is 0 Å². The molecule has 1 aromatic heterocycles. The Labute approximate surface area is 155 Å². The summed E-state index contributed by atoms with van der Waals surface area (Å²) in [6, 6.07) is 7.67. The summed E-state index contributed by atoms with van der Waals surface area (Å²) in [7, 11) is 1.50. The van der Waals surface area contributed by atoms with E-state index in [2.05, 4.69) is 0 Å². The zero-order valence-corrected chi connectivity index (χ0v) is 15.4. The molecule has 142 valence electrons. The number of methoxy groups -OCH3 is 1. The smallest absolute Gasteiger partial charge is 0.260 e. The average molecular weight is 371 g/mol. The fourth-order valence-corrected chi connectivity index (χ4v) is 2.94. The van der Waals surface area contributed by atoms with Gasteiger partial charge >= 0.3 is 0 Å². The molecule has 7 heteroatoms. The van der Waals surface area contributed by atoms with Gasteiger partial charge in [-0.1, -0.05) is 0 Å². The summed E-state index contributed by atoms with van der Waals surface area (Å²) in [6.45, 7) is 4.79. The molecule has 7 nitrogen and oxygen atoms in total. The quantitative estimate of drug-likeness (QED) is 0.670. The predicted octanol–water partition coefficient (Wildman–Crippen LogP) is 2.91. The summed E-state index contributed by atoms with van der Waals surface area (Å²) in [5.74, 6) is 0.336. The van der Waals surface area contributed by atoms with Crippen LogP contribution in [-0.2, 0) is 4.79 Å². The van der Waals surface area contributed by atoms with Gasteiger partial charge in [0, 0.05) is 25.2 Å². The number of hydrogen-bond donors (Lipinski definition) is 1. The van der Waals surface area contributed by atoms with Crippen LogP contribution in [0.15, 0.2) is 39.5 Å². The van der Waals surface area contributed by atoms with Crippen molar-refractivity contribution >= 4 is 27.8 Å². The first-order valence-electron chi connectivity index (χ1n) is 8.66. The lowest BCUT2D eigenvalue weighted by atomic mass is 10.1. The molecule has 1 N–H and O–H groups in total. The molecule has 2 aromatic carbocycles. The van der Waals surface area contributed by atoms with Crippen LogP contribution in [0.5, 0.6) is 17.2 Å².